The standard InChI is InChI=1S/C18H21NO/c1-2-12-19-13-14-20-18-10-8-17(9-11-18)15-16-6-4-3-5-7-16/h2-11,19H,1,12-15H2. The van der Waals surface area contributed by atoms with Gasteiger partial charge in [-0.2, -0.15) is 0 Å². The fourth-order valence-electron chi connectivity index (χ4n) is 1.98. The maximum Gasteiger partial charge on any atom is 0.119 e. The molecule has 2 aromatic rings. The molecule has 1 N–H and O–H groups in total. The summed E-state index contributed by atoms with van der Waals surface area (Å²) in [6.45, 7) is 5.98. The Kier molecular flexibility index (Phi) is 5.87. The predicted molar refractivity (Wildman–Crippen MR) is 84.3 cm³/mol. The molecular weight excluding hydrogens is 246 g/mol. The van der Waals surface area contributed by atoms with Gasteiger partial charge in [-0.1, -0.05) is 48.5 Å². The Hall–Kier alpha value is -2.06. The van der Waals surface area contributed by atoms with Crippen molar-refractivity contribution in [3.05, 3.63) is 78.4 Å². The summed E-state index contributed by atoms with van der Waals surface area (Å²) < 4.78 is 5.66. The zero-order chi connectivity index (χ0) is 14.0. The van der Waals surface area contributed by atoms with Gasteiger partial charge in [0.25, 0.3) is 0 Å². The van der Waals surface area contributed by atoms with Crippen LogP contribution in [0.2, 0.25) is 0 Å². The van der Waals surface area contributed by atoms with Gasteiger partial charge in [0.05, 0.1) is 0 Å². The van der Waals surface area contributed by atoms with Crippen molar-refractivity contribution in [3.63, 3.8) is 0 Å². The first-order valence-electron chi connectivity index (χ1n) is 6.96. The molecule has 2 nitrogen and oxygen atoms in total. The van der Waals surface area contributed by atoms with E-state index in [4.69, 9.17) is 4.74 Å². The van der Waals surface area contributed by atoms with Crippen LogP contribution in [0.25, 0.3) is 0 Å². The van der Waals surface area contributed by atoms with E-state index in [1.54, 1.807) is 0 Å². The van der Waals surface area contributed by atoms with Gasteiger partial charge in [-0.05, 0) is 29.7 Å². The summed E-state index contributed by atoms with van der Waals surface area (Å²) in [5.41, 5.74) is 2.63. The third kappa shape index (κ3) is 4.90. The van der Waals surface area contributed by atoms with Crippen LogP contribution in [0.1, 0.15) is 11.1 Å². The minimum atomic E-state index is 0.672. The molecule has 0 saturated heterocycles. The molecule has 0 aliphatic rings. The smallest absolute Gasteiger partial charge is 0.119 e. The van der Waals surface area contributed by atoms with Crippen LogP contribution in [0, 0.1) is 0 Å². The highest BCUT2D eigenvalue weighted by Gasteiger charge is 1.97. The molecule has 0 heterocycles. The summed E-state index contributed by atoms with van der Waals surface area (Å²) in [7, 11) is 0. The van der Waals surface area contributed by atoms with Gasteiger partial charge in [-0.3, -0.25) is 0 Å². The van der Waals surface area contributed by atoms with E-state index >= 15 is 0 Å². The van der Waals surface area contributed by atoms with Crippen LogP contribution in [-0.4, -0.2) is 19.7 Å². The quantitative estimate of drug-likeness (QED) is 0.584. The van der Waals surface area contributed by atoms with Crippen molar-refractivity contribution in [2.45, 2.75) is 6.42 Å². The molecule has 0 saturated carbocycles. The minimum Gasteiger partial charge on any atom is -0.492 e. The highest BCUT2D eigenvalue weighted by atomic mass is 16.5. The summed E-state index contributed by atoms with van der Waals surface area (Å²) in [5, 5.41) is 3.21. The summed E-state index contributed by atoms with van der Waals surface area (Å²) in [5.74, 6) is 0.919. The van der Waals surface area contributed by atoms with E-state index in [9.17, 15) is 0 Å². The van der Waals surface area contributed by atoms with Crippen molar-refractivity contribution in [2.75, 3.05) is 19.7 Å². The first-order valence-corrected chi connectivity index (χ1v) is 6.96. The third-order valence-corrected chi connectivity index (χ3v) is 3.01. The molecule has 20 heavy (non-hydrogen) atoms. The van der Waals surface area contributed by atoms with Crippen molar-refractivity contribution < 1.29 is 4.74 Å². The Morgan fingerprint density at radius 3 is 2.35 bits per heavy atom. The third-order valence-electron chi connectivity index (χ3n) is 3.01. The summed E-state index contributed by atoms with van der Waals surface area (Å²) in [4.78, 5) is 0. The topological polar surface area (TPSA) is 21.3 Å². The number of nitrogens with one attached hydrogen (secondary N) is 1. The van der Waals surface area contributed by atoms with Gasteiger partial charge >= 0.3 is 0 Å². The van der Waals surface area contributed by atoms with E-state index in [0.717, 1.165) is 25.3 Å². The molecule has 0 aliphatic carbocycles. The molecule has 0 radical (unpaired) electrons. The lowest BCUT2D eigenvalue weighted by Crippen LogP contribution is -2.20. The fourth-order valence-corrected chi connectivity index (χ4v) is 1.98. The molecule has 0 aromatic heterocycles. The van der Waals surface area contributed by atoms with E-state index in [1.165, 1.54) is 11.1 Å². The molecule has 0 fully saturated rings. The molecule has 0 amide bonds. The van der Waals surface area contributed by atoms with Crippen LogP contribution in [0.4, 0.5) is 0 Å². The zero-order valence-electron chi connectivity index (χ0n) is 11.7. The van der Waals surface area contributed by atoms with Crippen LogP contribution < -0.4 is 10.1 Å². The Morgan fingerprint density at radius 1 is 0.950 bits per heavy atom. The zero-order valence-corrected chi connectivity index (χ0v) is 11.7. The number of rotatable bonds is 8. The molecule has 2 heteroatoms. The van der Waals surface area contributed by atoms with Gasteiger partial charge in [0.1, 0.15) is 12.4 Å². The lowest BCUT2D eigenvalue weighted by Gasteiger charge is -2.07. The Bertz CT molecular complexity index is 505. The van der Waals surface area contributed by atoms with E-state index in [0.29, 0.717) is 6.61 Å². The number of hydrogen-bond acceptors (Lipinski definition) is 2. The monoisotopic (exact) mass is 267 g/mol. The maximum absolute atomic E-state index is 5.66. The average molecular weight is 267 g/mol. The van der Waals surface area contributed by atoms with Gasteiger partial charge in [0.2, 0.25) is 0 Å². The first-order chi connectivity index (χ1) is 9.88. The normalized spacial score (nSPS) is 10.2. The van der Waals surface area contributed by atoms with Gasteiger partial charge in [-0.25, -0.2) is 0 Å². The van der Waals surface area contributed by atoms with Gasteiger partial charge in [0.15, 0.2) is 0 Å². The van der Waals surface area contributed by atoms with Crippen LogP contribution in [0.5, 0.6) is 5.75 Å². The van der Waals surface area contributed by atoms with E-state index < -0.39 is 0 Å². The van der Waals surface area contributed by atoms with Crippen molar-refractivity contribution in [1.29, 1.82) is 0 Å². The van der Waals surface area contributed by atoms with Gasteiger partial charge < -0.3 is 10.1 Å². The minimum absolute atomic E-state index is 0.672. The van der Waals surface area contributed by atoms with Crippen LogP contribution >= 0.6 is 0 Å². The summed E-state index contributed by atoms with van der Waals surface area (Å²) in [6.07, 6.45) is 2.81. The van der Waals surface area contributed by atoms with Crippen LogP contribution in [-0.2, 0) is 6.42 Å². The fraction of sp³-hybridized carbons (Fsp3) is 0.222. The van der Waals surface area contributed by atoms with Crippen molar-refractivity contribution >= 4 is 0 Å². The Labute approximate surface area is 121 Å². The van der Waals surface area contributed by atoms with Crippen molar-refractivity contribution in [3.8, 4) is 5.75 Å². The largest absolute Gasteiger partial charge is 0.492 e. The Morgan fingerprint density at radius 2 is 1.65 bits per heavy atom. The lowest BCUT2D eigenvalue weighted by atomic mass is 10.1. The van der Waals surface area contributed by atoms with E-state index in [-0.39, 0.29) is 0 Å². The molecule has 0 atom stereocenters. The SMILES string of the molecule is C=CCNCCOc1ccc(Cc2ccccc2)cc1. The first kappa shape index (κ1) is 14.4. The summed E-state index contributed by atoms with van der Waals surface area (Å²) in [6, 6.07) is 18.8. The van der Waals surface area contributed by atoms with Gasteiger partial charge in [0, 0.05) is 13.1 Å². The molecule has 104 valence electrons. The average Bonchev–Trinajstić information content (AvgIpc) is 2.50. The molecule has 0 spiro atoms. The molecule has 0 unspecified atom stereocenters. The highest BCUT2D eigenvalue weighted by molar-refractivity contribution is 5.31. The predicted octanol–water partition coefficient (Wildman–Crippen LogP) is 3.43. The molecule has 2 rings (SSSR count). The van der Waals surface area contributed by atoms with E-state index in [2.05, 4.69) is 48.3 Å². The summed E-state index contributed by atoms with van der Waals surface area (Å²) >= 11 is 0. The Balaban J connectivity index is 1.79. The number of hydrogen-bond donors (Lipinski definition) is 1. The van der Waals surface area contributed by atoms with Crippen LogP contribution in [0.3, 0.4) is 0 Å². The maximum atomic E-state index is 5.66. The van der Waals surface area contributed by atoms with E-state index in [1.807, 2.05) is 24.3 Å². The molecule has 0 bridgehead atoms. The second kappa shape index (κ2) is 8.18. The van der Waals surface area contributed by atoms with Gasteiger partial charge in [-0.15, -0.1) is 6.58 Å². The van der Waals surface area contributed by atoms with Crippen LogP contribution in [0.15, 0.2) is 67.3 Å². The number of benzene rings is 2. The lowest BCUT2D eigenvalue weighted by molar-refractivity contribution is 0.316. The van der Waals surface area contributed by atoms with Crippen molar-refractivity contribution in [2.24, 2.45) is 0 Å². The second-order valence-electron chi connectivity index (χ2n) is 4.65. The number of ether oxygens (including phenoxy) is 1. The molecular formula is C18H21NO. The highest BCUT2D eigenvalue weighted by Crippen LogP contribution is 2.15. The molecule has 0 aliphatic heterocycles. The second-order valence-corrected chi connectivity index (χ2v) is 4.65. The molecule has 2 aromatic carbocycles. The van der Waals surface area contributed by atoms with Crippen molar-refractivity contribution in [1.82, 2.24) is 5.32 Å².